The molecule has 0 saturated carbocycles. The fourth-order valence-electron chi connectivity index (χ4n) is 2.43. The Morgan fingerprint density at radius 2 is 2.15 bits per heavy atom. The van der Waals surface area contributed by atoms with Crippen molar-refractivity contribution in [1.82, 2.24) is 14.9 Å². The first kappa shape index (κ1) is 17.1. The monoisotopic (exact) mass is 346 g/mol. The highest BCUT2D eigenvalue weighted by Crippen LogP contribution is 2.15. The molecule has 0 spiro atoms. The molecule has 1 amide bonds. The van der Waals surface area contributed by atoms with Gasteiger partial charge in [0.25, 0.3) is 0 Å². The molecule has 6 heteroatoms. The number of hydrogen-bond acceptors (Lipinski definition) is 3. The van der Waals surface area contributed by atoms with Crippen LogP contribution >= 0.6 is 0 Å². The fourth-order valence-corrected chi connectivity index (χ4v) is 2.43. The molecule has 3 rings (SSSR count). The van der Waals surface area contributed by atoms with Crippen LogP contribution in [0.3, 0.4) is 0 Å². The molecule has 1 aromatic heterocycles. The molecule has 128 valence electrons. The maximum Gasteiger partial charge on any atom is 0.244 e. The summed E-state index contributed by atoms with van der Waals surface area (Å²) in [4.78, 5) is 15.8. The van der Waals surface area contributed by atoms with Crippen LogP contribution in [0.1, 0.15) is 16.7 Å². The van der Waals surface area contributed by atoms with Crippen molar-refractivity contribution in [1.29, 1.82) is 5.26 Å². The summed E-state index contributed by atoms with van der Waals surface area (Å²) < 4.78 is 15.8. The molecule has 0 aliphatic rings. The van der Waals surface area contributed by atoms with Gasteiger partial charge in [-0.25, -0.2) is 9.37 Å². The first-order chi connectivity index (χ1) is 12.7. The van der Waals surface area contributed by atoms with Gasteiger partial charge in [-0.3, -0.25) is 4.79 Å². The van der Waals surface area contributed by atoms with Crippen molar-refractivity contribution >= 4 is 12.0 Å². The lowest BCUT2D eigenvalue weighted by Gasteiger charge is -2.07. The summed E-state index contributed by atoms with van der Waals surface area (Å²) in [5, 5.41) is 11.7. The summed E-state index contributed by atoms with van der Waals surface area (Å²) in [5.74, 6) is -0.718. The Balaban J connectivity index is 1.62. The molecule has 0 radical (unpaired) electrons. The van der Waals surface area contributed by atoms with Crippen molar-refractivity contribution < 1.29 is 9.18 Å². The van der Waals surface area contributed by atoms with Gasteiger partial charge in [0.2, 0.25) is 5.91 Å². The topological polar surface area (TPSA) is 70.7 Å². The Labute approximate surface area is 150 Å². The van der Waals surface area contributed by atoms with E-state index >= 15 is 0 Å². The molecule has 0 aliphatic heterocycles. The van der Waals surface area contributed by atoms with Crippen LogP contribution in [0.5, 0.6) is 0 Å². The van der Waals surface area contributed by atoms with Crippen molar-refractivity contribution in [3.05, 3.63) is 89.8 Å². The van der Waals surface area contributed by atoms with Gasteiger partial charge in [0.1, 0.15) is 5.82 Å². The quantitative estimate of drug-likeness (QED) is 0.721. The highest BCUT2D eigenvalue weighted by atomic mass is 19.1. The number of hydrogen-bond donors (Lipinski definition) is 1. The van der Waals surface area contributed by atoms with E-state index in [1.807, 2.05) is 0 Å². The average Bonchev–Trinajstić information content (AvgIpc) is 3.19. The molecule has 0 aliphatic carbocycles. The number of benzene rings is 2. The SMILES string of the molecule is N#Cc1ccccc1C=CC(=O)NCc1ccc(-n2ccnc2)c(F)c1. The van der Waals surface area contributed by atoms with Crippen LogP contribution in [0.15, 0.2) is 67.3 Å². The van der Waals surface area contributed by atoms with Crippen LogP contribution in [-0.2, 0) is 11.3 Å². The van der Waals surface area contributed by atoms with E-state index in [0.29, 0.717) is 22.4 Å². The molecule has 3 aromatic rings. The lowest BCUT2D eigenvalue weighted by molar-refractivity contribution is -0.116. The van der Waals surface area contributed by atoms with E-state index in [4.69, 9.17) is 5.26 Å². The number of carbonyl (C=O) groups excluding carboxylic acids is 1. The Kier molecular flexibility index (Phi) is 5.20. The number of carbonyl (C=O) groups is 1. The highest BCUT2D eigenvalue weighted by molar-refractivity contribution is 5.92. The van der Waals surface area contributed by atoms with E-state index in [1.165, 1.54) is 18.5 Å². The zero-order chi connectivity index (χ0) is 18.4. The number of nitrogens with one attached hydrogen (secondary N) is 1. The molecule has 1 N–H and O–H groups in total. The second kappa shape index (κ2) is 7.90. The molecule has 26 heavy (non-hydrogen) atoms. The molecule has 0 unspecified atom stereocenters. The molecule has 0 atom stereocenters. The number of nitrogens with zero attached hydrogens (tertiary/aromatic N) is 3. The average molecular weight is 346 g/mol. The lowest BCUT2D eigenvalue weighted by atomic mass is 10.1. The van der Waals surface area contributed by atoms with Crippen molar-refractivity contribution in [2.45, 2.75) is 6.54 Å². The fraction of sp³-hybridized carbons (Fsp3) is 0.0500. The van der Waals surface area contributed by atoms with Gasteiger partial charge in [-0.15, -0.1) is 0 Å². The van der Waals surface area contributed by atoms with Crippen LogP contribution in [0.25, 0.3) is 11.8 Å². The number of rotatable bonds is 5. The standard InChI is InChI=1S/C20H15FN4O/c21-18-11-15(5-7-19(18)25-10-9-23-14-25)13-24-20(26)8-6-16-3-1-2-4-17(16)12-22/h1-11,14H,13H2,(H,24,26). The Bertz CT molecular complexity index is 987. The Morgan fingerprint density at radius 1 is 1.31 bits per heavy atom. The number of halogens is 1. The largest absolute Gasteiger partial charge is 0.348 e. The van der Waals surface area contributed by atoms with Gasteiger partial charge in [-0.05, 0) is 35.4 Å². The third kappa shape index (κ3) is 4.02. The minimum Gasteiger partial charge on any atom is -0.348 e. The summed E-state index contributed by atoms with van der Waals surface area (Å²) >= 11 is 0. The first-order valence-electron chi connectivity index (χ1n) is 7.89. The van der Waals surface area contributed by atoms with Crippen molar-refractivity contribution in [3.8, 4) is 11.8 Å². The summed E-state index contributed by atoms with van der Waals surface area (Å²) in [6, 6.07) is 13.8. The van der Waals surface area contributed by atoms with E-state index in [0.717, 1.165) is 0 Å². The van der Waals surface area contributed by atoms with Crippen molar-refractivity contribution in [2.24, 2.45) is 0 Å². The molecule has 5 nitrogen and oxygen atoms in total. The smallest absolute Gasteiger partial charge is 0.244 e. The molecular weight excluding hydrogens is 331 g/mol. The zero-order valence-corrected chi connectivity index (χ0v) is 13.8. The second-order valence-electron chi connectivity index (χ2n) is 5.51. The van der Waals surface area contributed by atoms with E-state index in [1.54, 1.807) is 59.4 Å². The van der Waals surface area contributed by atoms with E-state index < -0.39 is 5.82 Å². The normalized spacial score (nSPS) is 10.6. The molecule has 0 saturated heterocycles. The van der Waals surface area contributed by atoms with Gasteiger partial charge >= 0.3 is 0 Å². The molecule has 0 bridgehead atoms. The summed E-state index contributed by atoms with van der Waals surface area (Å²) in [6.07, 6.45) is 7.68. The lowest BCUT2D eigenvalue weighted by Crippen LogP contribution is -2.20. The van der Waals surface area contributed by atoms with Crippen LogP contribution in [0.4, 0.5) is 4.39 Å². The summed E-state index contributed by atoms with van der Waals surface area (Å²) in [6.45, 7) is 0.199. The molecule has 1 heterocycles. The van der Waals surface area contributed by atoms with Gasteiger partial charge in [0.05, 0.1) is 23.6 Å². The van der Waals surface area contributed by atoms with Gasteiger partial charge in [-0.1, -0.05) is 24.3 Å². The van der Waals surface area contributed by atoms with Crippen LogP contribution in [-0.4, -0.2) is 15.5 Å². The number of nitriles is 1. The van der Waals surface area contributed by atoms with Crippen molar-refractivity contribution in [2.75, 3.05) is 0 Å². The van der Waals surface area contributed by atoms with Gasteiger partial charge in [-0.2, -0.15) is 5.26 Å². The van der Waals surface area contributed by atoms with Crippen LogP contribution < -0.4 is 5.32 Å². The zero-order valence-electron chi connectivity index (χ0n) is 13.8. The van der Waals surface area contributed by atoms with Crippen molar-refractivity contribution in [3.63, 3.8) is 0 Å². The molecule has 2 aromatic carbocycles. The first-order valence-corrected chi connectivity index (χ1v) is 7.89. The maximum atomic E-state index is 14.2. The van der Waals surface area contributed by atoms with Crippen LogP contribution in [0.2, 0.25) is 0 Å². The number of amides is 1. The van der Waals surface area contributed by atoms with Gasteiger partial charge in [0, 0.05) is 25.0 Å². The predicted molar refractivity (Wildman–Crippen MR) is 95.6 cm³/mol. The molecule has 0 fully saturated rings. The highest BCUT2D eigenvalue weighted by Gasteiger charge is 2.06. The second-order valence-corrected chi connectivity index (χ2v) is 5.51. The maximum absolute atomic E-state index is 14.2. The minimum atomic E-state index is -0.395. The third-order valence-electron chi connectivity index (χ3n) is 3.76. The molecular formula is C20H15FN4O. The Morgan fingerprint density at radius 3 is 2.88 bits per heavy atom. The third-order valence-corrected chi connectivity index (χ3v) is 3.76. The summed E-state index contributed by atoms with van der Waals surface area (Å²) in [5.41, 5.74) is 2.20. The number of aromatic nitrogens is 2. The van der Waals surface area contributed by atoms with Gasteiger partial charge < -0.3 is 9.88 Å². The van der Waals surface area contributed by atoms with Crippen LogP contribution in [0, 0.1) is 17.1 Å². The van der Waals surface area contributed by atoms with E-state index in [9.17, 15) is 9.18 Å². The van der Waals surface area contributed by atoms with E-state index in [2.05, 4.69) is 16.4 Å². The Hall–Kier alpha value is -3.72. The summed E-state index contributed by atoms with van der Waals surface area (Å²) in [7, 11) is 0. The predicted octanol–water partition coefficient (Wildman–Crippen LogP) is 3.21. The minimum absolute atomic E-state index is 0.199. The van der Waals surface area contributed by atoms with Gasteiger partial charge in [0.15, 0.2) is 0 Å². The number of imidazole rings is 1. The van der Waals surface area contributed by atoms with E-state index in [-0.39, 0.29) is 12.5 Å².